The molecule has 0 spiro atoms. The van der Waals surface area contributed by atoms with E-state index in [-0.39, 0.29) is 17.5 Å². The Hall–Kier alpha value is -2.08. The second-order valence-electron chi connectivity index (χ2n) is 6.14. The van der Waals surface area contributed by atoms with Crippen LogP contribution in [0.15, 0.2) is 36.9 Å². The molecular weight excluding hydrogens is 314 g/mol. The Labute approximate surface area is 140 Å². The molecule has 122 valence electrons. The van der Waals surface area contributed by atoms with Crippen LogP contribution in [-0.4, -0.2) is 33.4 Å². The molecule has 3 rings (SSSR count). The number of halogens is 1. The Morgan fingerprint density at radius 1 is 1.48 bits per heavy atom. The molecule has 23 heavy (non-hydrogen) atoms. The topological polar surface area (TPSA) is 71.8 Å². The number of nitrogens with zero attached hydrogens (tertiary/aromatic N) is 3. The van der Waals surface area contributed by atoms with Crippen LogP contribution < -0.4 is 10.6 Å². The third kappa shape index (κ3) is 4.01. The first-order valence-corrected chi connectivity index (χ1v) is 8.08. The van der Waals surface area contributed by atoms with Gasteiger partial charge in [-0.3, -0.25) is 4.68 Å². The smallest absolute Gasteiger partial charge is 0.315 e. The summed E-state index contributed by atoms with van der Waals surface area (Å²) in [4.78, 5) is 15.9. The molecule has 0 aliphatic heterocycles. The van der Waals surface area contributed by atoms with E-state index in [0.717, 1.165) is 17.9 Å². The van der Waals surface area contributed by atoms with Gasteiger partial charge in [0.2, 0.25) is 0 Å². The highest BCUT2D eigenvalue weighted by molar-refractivity contribution is 6.30. The average Bonchev–Trinajstić information content (AvgIpc) is 3.15. The first-order chi connectivity index (χ1) is 11.1. The summed E-state index contributed by atoms with van der Waals surface area (Å²) in [5, 5.41) is 10.7. The summed E-state index contributed by atoms with van der Waals surface area (Å²) in [7, 11) is 0. The molecule has 1 heterocycles. The van der Waals surface area contributed by atoms with Crippen molar-refractivity contribution < 1.29 is 4.79 Å². The molecule has 1 fully saturated rings. The zero-order chi connectivity index (χ0) is 16.3. The van der Waals surface area contributed by atoms with Crippen LogP contribution in [0, 0.1) is 0 Å². The van der Waals surface area contributed by atoms with Crippen molar-refractivity contribution in [3.05, 3.63) is 47.5 Å². The summed E-state index contributed by atoms with van der Waals surface area (Å²) >= 11 is 6.06. The summed E-state index contributed by atoms with van der Waals surface area (Å²) in [5.74, 6) is 0. The van der Waals surface area contributed by atoms with Crippen LogP contribution >= 0.6 is 11.6 Å². The molecule has 2 N–H and O–H groups in total. The fourth-order valence-electron chi connectivity index (χ4n) is 2.71. The lowest BCUT2D eigenvalue weighted by Gasteiger charge is -2.19. The number of nitrogens with one attached hydrogen (secondary N) is 2. The van der Waals surface area contributed by atoms with E-state index in [1.165, 1.54) is 11.9 Å². The number of rotatable bonds is 6. The van der Waals surface area contributed by atoms with Gasteiger partial charge in [0.05, 0.1) is 6.54 Å². The Balaban J connectivity index is 1.49. The van der Waals surface area contributed by atoms with Crippen LogP contribution in [0.1, 0.15) is 25.3 Å². The van der Waals surface area contributed by atoms with Crippen molar-refractivity contribution in [3.8, 4) is 0 Å². The molecule has 1 saturated carbocycles. The van der Waals surface area contributed by atoms with Gasteiger partial charge in [0.1, 0.15) is 12.7 Å². The van der Waals surface area contributed by atoms with Crippen LogP contribution in [0.25, 0.3) is 0 Å². The number of benzene rings is 1. The molecule has 1 aromatic heterocycles. The summed E-state index contributed by atoms with van der Waals surface area (Å²) in [5.41, 5.74) is 1.23. The van der Waals surface area contributed by atoms with Gasteiger partial charge in [-0.1, -0.05) is 23.7 Å². The monoisotopic (exact) mass is 333 g/mol. The van der Waals surface area contributed by atoms with E-state index in [1.807, 2.05) is 25.1 Å². The largest absolute Gasteiger partial charge is 0.337 e. The van der Waals surface area contributed by atoms with Crippen molar-refractivity contribution in [1.82, 2.24) is 25.4 Å². The third-order valence-electron chi connectivity index (χ3n) is 4.18. The third-order valence-corrected chi connectivity index (χ3v) is 4.42. The SMILES string of the molecule is C[C@@H](Cn1cncn1)NC(=O)NCC1(c2cccc(Cl)c2)CC1. The van der Waals surface area contributed by atoms with Gasteiger partial charge in [-0.05, 0) is 37.5 Å². The summed E-state index contributed by atoms with van der Waals surface area (Å²) in [6, 6.07) is 7.70. The highest BCUT2D eigenvalue weighted by Crippen LogP contribution is 2.48. The lowest BCUT2D eigenvalue weighted by atomic mass is 9.96. The second kappa shape index (κ2) is 6.58. The first kappa shape index (κ1) is 15.8. The molecule has 1 aromatic carbocycles. The average molecular weight is 334 g/mol. The van der Waals surface area contributed by atoms with Crippen LogP contribution in [-0.2, 0) is 12.0 Å². The highest BCUT2D eigenvalue weighted by Gasteiger charge is 2.44. The van der Waals surface area contributed by atoms with E-state index in [2.05, 4.69) is 26.8 Å². The maximum atomic E-state index is 12.1. The molecule has 0 bridgehead atoms. The van der Waals surface area contributed by atoms with Gasteiger partial charge in [0.15, 0.2) is 0 Å². The standard InChI is InChI=1S/C16H20ClN5O/c1-12(8-22-11-18-10-20-22)21-15(23)19-9-16(5-6-16)13-3-2-4-14(17)7-13/h2-4,7,10-12H,5-6,8-9H2,1H3,(H2,19,21,23)/t12-/m0/s1. The quantitative estimate of drug-likeness (QED) is 0.852. The van der Waals surface area contributed by atoms with Gasteiger partial charge in [0, 0.05) is 23.0 Å². The van der Waals surface area contributed by atoms with E-state index in [4.69, 9.17) is 11.6 Å². The van der Waals surface area contributed by atoms with Crippen LogP contribution in [0.5, 0.6) is 0 Å². The van der Waals surface area contributed by atoms with Gasteiger partial charge in [-0.15, -0.1) is 0 Å². The Morgan fingerprint density at radius 3 is 2.96 bits per heavy atom. The van der Waals surface area contributed by atoms with Gasteiger partial charge in [-0.25, -0.2) is 9.78 Å². The van der Waals surface area contributed by atoms with Crippen molar-refractivity contribution >= 4 is 17.6 Å². The summed E-state index contributed by atoms with van der Waals surface area (Å²) in [6.45, 7) is 3.15. The predicted molar refractivity (Wildman–Crippen MR) is 88.4 cm³/mol. The fourth-order valence-corrected chi connectivity index (χ4v) is 2.90. The minimum atomic E-state index is -0.161. The molecule has 6 nitrogen and oxygen atoms in total. The maximum absolute atomic E-state index is 12.1. The van der Waals surface area contributed by atoms with Gasteiger partial charge in [0.25, 0.3) is 0 Å². The summed E-state index contributed by atoms with van der Waals surface area (Å²) < 4.78 is 1.69. The number of amides is 2. The molecule has 0 saturated heterocycles. The predicted octanol–water partition coefficient (Wildman–Crippen LogP) is 2.35. The van der Waals surface area contributed by atoms with E-state index in [9.17, 15) is 4.79 Å². The fraction of sp³-hybridized carbons (Fsp3) is 0.438. The molecule has 1 aliphatic rings. The number of urea groups is 1. The molecule has 2 amide bonds. The normalized spacial score (nSPS) is 16.6. The Bertz CT molecular complexity index is 669. The molecule has 7 heteroatoms. The molecule has 1 atom stereocenters. The van der Waals surface area contributed by atoms with E-state index < -0.39 is 0 Å². The first-order valence-electron chi connectivity index (χ1n) is 7.70. The number of carbonyl (C=O) groups excluding carboxylic acids is 1. The maximum Gasteiger partial charge on any atom is 0.315 e. The zero-order valence-corrected chi connectivity index (χ0v) is 13.8. The molecule has 0 unspecified atom stereocenters. The minimum absolute atomic E-state index is 0.0296. The van der Waals surface area contributed by atoms with Crippen molar-refractivity contribution in [1.29, 1.82) is 0 Å². The molecule has 0 radical (unpaired) electrons. The van der Waals surface area contributed by atoms with Crippen molar-refractivity contribution in [2.45, 2.75) is 37.8 Å². The lowest BCUT2D eigenvalue weighted by molar-refractivity contribution is 0.235. The van der Waals surface area contributed by atoms with Gasteiger partial charge >= 0.3 is 6.03 Å². The van der Waals surface area contributed by atoms with E-state index >= 15 is 0 Å². The number of hydrogen-bond acceptors (Lipinski definition) is 3. The minimum Gasteiger partial charge on any atom is -0.337 e. The number of hydrogen-bond donors (Lipinski definition) is 2. The summed E-state index contributed by atoms with van der Waals surface area (Å²) in [6.07, 6.45) is 5.26. The van der Waals surface area contributed by atoms with Gasteiger partial charge < -0.3 is 10.6 Å². The van der Waals surface area contributed by atoms with Crippen molar-refractivity contribution in [2.75, 3.05) is 6.54 Å². The van der Waals surface area contributed by atoms with Gasteiger partial charge in [-0.2, -0.15) is 5.10 Å². The molecule has 1 aliphatic carbocycles. The van der Waals surface area contributed by atoms with Crippen LogP contribution in [0.4, 0.5) is 4.79 Å². The van der Waals surface area contributed by atoms with E-state index in [1.54, 1.807) is 11.0 Å². The number of aromatic nitrogens is 3. The van der Waals surface area contributed by atoms with Crippen molar-refractivity contribution in [2.24, 2.45) is 0 Å². The lowest BCUT2D eigenvalue weighted by Crippen LogP contribution is -2.45. The van der Waals surface area contributed by atoms with E-state index in [0.29, 0.717) is 13.1 Å². The van der Waals surface area contributed by atoms with Crippen LogP contribution in [0.2, 0.25) is 5.02 Å². The van der Waals surface area contributed by atoms with Crippen LogP contribution in [0.3, 0.4) is 0 Å². The molecular formula is C16H20ClN5O. The highest BCUT2D eigenvalue weighted by atomic mass is 35.5. The Morgan fingerprint density at radius 2 is 2.30 bits per heavy atom. The van der Waals surface area contributed by atoms with Crippen molar-refractivity contribution in [3.63, 3.8) is 0 Å². The second-order valence-corrected chi connectivity index (χ2v) is 6.57. The zero-order valence-electron chi connectivity index (χ0n) is 13.0. The Kier molecular flexibility index (Phi) is 4.52. The molecule has 2 aromatic rings. The number of carbonyl (C=O) groups is 1.